The number of carbonyl (C=O) groups is 1. The van der Waals surface area contributed by atoms with Crippen LogP contribution >= 0.6 is 0 Å². The Kier molecular flexibility index (Phi) is 3.53. The van der Waals surface area contributed by atoms with E-state index >= 15 is 0 Å². The van der Waals surface area contributed by atoms with Crippen molar-refractivity contribution in [3.05, 3.63) is 69.8 Å². The molecule has 0 radical (unpaired) electrons. The van der Waals surface area contributed by atoms with Gasteiger partial charge in [-0.1, -0.05) is 12.1 Å². The average Bonchev–Trinajstić information content (AvgIpc) is 2.96. The maximum Gasteiger partial charge on any atom is 0.267 e. The fraction of sp³-hybridized carbons (Fsp3) is 0.211. The summed E-state index contributed by atoms with van der Waals surface area (Å²) in [5.74, 6) is -0.825. The highest BCUT2D eigenvalue weighted by molar-refractivity contribution is 6.03. The molecule has 0 saturated heterocycles. The third-order valence-electron chi connectivity index (χ3n) is 4.67. The second-order valence-electron chi connectivity index (χ2n) is 6.30. The van der Waals surface area contributed by atoms with Crippen LogP contribution in [0.5, 0.6) is 5.75 Å². The molecule has 3 heterocycles. The number of aromatic nitrogens is 2. The Morgan fingerprint density at radius 2 is 2.08 bits per heavy atom. The van der Waals surface area contributed by atoms with E-state index < -0.39 is 11.5 Å². The Hall–Kier alpha value is -3.15. The molecule has 0 fully saturated rings. The highest BCUT2D eigenvalue weighted by Gasteiger charge is 2.29. The first-order chi connectivity index (χ1) is 12.1. The molecule has 1 aliphatic rings. The molecule has 6 heteroatoms. The highest BCUT2D eigenvalue weighted by Crippen LogP contribution is 2.35. The van der Waals surface area contributed by atoms with Crippen LogP contribution in [0.15, 0.2) is 47.5 Å². The summed E-state index contributed by atoms with van der Waals surface area (Å²) in [6.07, 6.45) is 3.98. The van der Waals surface area contributed by atoms with E-state index in [1.54, 1.807) is 35.2 Å². The van der Waals surface area contributed by atoms with Crippen molar-refractivity contribution in [3.8, 4) is 5.75 Å². The average molecular weight is 335 g/mol. The van der Waals surface area contributed by atoms with Crippen LogP contribution < -0.4 is 10.9 Å². The van der Waals surface area contributed by atoms with Crippen LogP contribution in [-0.4, -0.2) is 20.6 Å². The standard InChI is InChI=1S/C19H17N3O3/c1-11-9-13-3-2-4-14-16(13)22(11)19(25)15(17(14)23)18(24)21-10-12-5-7-20-8-6-12/h2-8,11,23H,9-10H2,1H3,(H,21,24)/t11-/m1/s1. The van der Waals surface area contributed by atoms with E-state index in [0.29, 0.717) is 11.8 Å². The fourth-order valence-electron chi connectivity index (χ4n) is 3.50. The highest BCUT2D eigenvalue weighted by atomic mass is 16.3. The zero-order chi connectivity index (χ0) is 17.6. The van der Waals surface area contributed by atoms with Crippen molar-refractivity contribution < 1.29 is 9.90 Å². The smallest absolute Gasteiger partial charge is 0.267 e. The quantitative estimate of drug-likeness (QED) is 0.768. The summed E-state index contributed by atoms with van der Waals surface area (Å²) >= 11 is 0. The topological polar surface area (TPSA) is 84.2 Å². The molecule has 2 aromatic heterocycles. The van der Waals surface area contributed by atoms with Gasteiger partial charge in [0.1, 0.15) is 11.3 Å². The van der Waals surface area contributed by atoms with Crippen LogP contribution in [0.4, 0.5) is 0 Å². The largest absolute Gasteiger partial charge is 0.506 e. The Morgan fingerprint density at radius 1 is 1.32 bits per heavy atom. The lowest BCUT2D eigenvalue weighted by Crippen LogP contribution is -2.33. The van der Waals surface area contributed by atoms with Gasteiger partial charge in [-0.15, -0.1) is 0 Å². The van der Waals surface area contributed by atoms with Gasteiger partial charge in [-0.3, -0.25) is 14.6 Å². The van der Waals surface area contributed by atoms with Crippen molar-refractivity contribution >= 4 is 16.8 Å². The molecule has 3 aromatic rings. The van der Waals surface area contributed by atoms with Crippen LogP contribution in [0.3, 0.4) is 0 Å². The molecule has 0 bridgehead atoms. The van der Waals surface area contributed by atoms with E-state index in [9.17, 15) is 14.7 Å². The van der Waals surface area contributed by atoms with Crippen molar-refractivity contribution in [2.45, 2.75) is 25.9 Å². The molecule has 25 heavy (non-hydrogen) atoms. The molecule has 4 rings (SSSR count). The fourth-order valence-corrected chi connectivity index (χ4v) is 3.50. The Labute approximate surface area is 143 Å². The minimum atomic E-state index is -0.575. The van der Waals surface area contributed by atoms with E-state index in [4.69, 9.17) is 0 Å². The molecule has 1 amide bonds. The maximum atomic E-state index is 12.9. The van der Waals surface area contributed by atoms with Gasteiger partial charge < -0.3 is 15.0 Å². The Bertz CT molecular complexity index is 1040. The first-order valence-electron chi connectivity index (χ1n) is 8.14. The summed E-state index contributed by atoms with van der Waals surface area (Å²) in [6, 6.07) is 9.04. The number of nitrogens with zero attached hydrogens (tertiary/aromatic N) is 2. The first kappa shape index (κ1) is 15.4. The summed E-state index contributed by atoms with van der Waals surface area (Å²) in [5.41, 5.74) is 1.95. The van der Waals surface area contributed by atoms with Gasteiger partial charge in [0.05, 0.1) is 5.52 Å². The molecule has 2 N–H and O–H groups in total. The van der Waals surface area contributed by atoms with Gasteiger partial charge >= 0.3 is 0 Å². The van der Waals surface area contributed by atoms with Gasteiger partial charge in [-0.2, -0.15) is 0 Å². The number of nitrogens with one attached hydrogen (secondary N) is 1. The normalized spacial score (nSPS) is 15.5. The number of aromatic hydroxyl groups is 1. The van der Waals surface area contributed by atoms with Crippen molar-refractivity contribution in [2.75, 3.05) is 0 Å². The molecule has 0 saturated carbocycles. The van der Waals surface area contributed by atoms with E-state index in [-0.39, 0.29) is 23.9 Å². The van der Waals surface area contributed by atoms with Crippen LogP contribution in [0.1, 0.15) is 34.5 Å². The number of hydrogen-bond donors (Lipinski definition) is 2. The molecule has 126 valence electrons. The van der Waals surface area contributed by atoms with Gasteiger partial charge in [-0.05, 0) is 42.7 Å². The van der Waals surface area contributed by atoms with E-state index in [1.165, 1.54) is 0 Å². The SMILES string of the molecule is C[C@@H]1Cc2cccc3c(O)c(C(=O)NCc4ccncc4)c(=O)n1c23. The maximum absolute atomic E-state index is 12.9. The van der Waals surface area contributed by atoms with Crippen LogP contribution in [0.2, 0.25) is 0 Å². The van der Waals surface area contributed by atoms with Crippen LogP contribution in [0, 0.1) is 0 Å². The molecule has 6 nitrogen and oxygen atoms in total. The predicted molar refractivity (Wildman–Crippen MR) is 93.7 cm³/mol. The molecule has 0 unspecified atom stereocenters. The molecular weight excluding hydrogens is 318 g/mol. The van der Waals surface area contributed by atoms with Gasteiger partial charge in [-0.25, -0.2) is 0 Å². The number of benzene rings is 1. The molecule has 1 atom stereocenters. The Balaban J connectivity index is 1.78. The van der Waals surface area contributed by atoms with Crippen molar-refractivity contribution in [3.63, 3.8) is 0 Å². The number of pyridine rings is 2. The molecule has 0 spiro atoms. The van der Waals surface area contributed by atoms with E-state index in [2.05, 4.69) is 10.3 Å². The monoisotopic (exact) mass is 335 g/mol. The molecule has 1 aromatic carbocycles. The second-order valence-corrected chi connectivity index (χ2v) is 6.30. The summed E-state index contributed by atoms with van der Waals surface area (Å²) < 4.78 is 1.62. The van der Waals surface area contributed by atoms with Gasteiger partial charge in [0, 0.05) is 30.4 Å². The molecular formula is C19H17N3O3. The van der Waals surface area contributed by atoms with Crippen molar-refractivity contribution in [1.82, 2.24) is 14.9 Å². The van der Waals surface area contributed by atoms with Crippen LogP contribution in [0.25, 0.3) is 10.9 Å². The van der Waals surface area contributed by atoms with Gasteiger partial charge in [0.15, 0.2) is 0 Å². The number of rotatable bonds is 3. The minimum Gasteiger partial charge on any atom is -0.506 e. The number of hydrogen-bond acceptors (Lipinski definition) is 4. The molecule has 0 aliphatic carbocycles. The third kappa shape index (κ3) is 2.38. The first-order valence-corrected chi connectivity index (χ1v) is 8.14. The molecule has 1 aliphatic heterocycles. The zero-order valence-electron chi connectivity index (χ0n) is 13.7. The Morgan fingerprint density at radius 3 is 2.84 bits per heavy atom. The lowest BCUT2D eigenvalue weighted by Gasteiger charge is -2.14. The number of amides is 1. The summed E-state index contributed by atoms with van der Waals surface area (Å²) in [5, 5.41) is 13.8. The third-order valence-corrected chi connectivity index (χ3v) is 4.67. The van der Waals surface area contributed by atoms with Gasteiger partial charge in [0.25, 0.3) is 11.5 Å². The lowest BCUT2D eigenvalue weighted by atomic mass is 10.1. The number of carbonyl (C=O) groups excluding carboxylic acids is 1. The predicted octanol–water partition coefficient (Wildman–Crippen LogP) is 2.15. The summed E-state index contributed by atoms with van der Waals surface area (Å²) in [6.45, 7) is 2.20. The number of para-hydroxylation sites is 1. The van der Waals surface area contributed by atoms with Gasteiger partial charge in [0.2, 0.25) is 0 Å². The van der Waals surface area contributed by atoms with E-state index in [1.807, 2.05) is 19.1 Å². The summed E-state index contributed by atoms with van der Waals surface area (Å²) in [7, 11) is 0. The van der Waals surface area contributed by atoms with Crippen molar-refractivity contribution in [2.24, 2.45) is 0 Å². The summed E-state index contributed by atoms with van der Waals surface area (Å²) in [4.78, 5) is 29.4. The second kappa shape index (κ2) is 5.73. The van der Waals surface area contributed by atoms with E-state index in [0.717, 1.165) is 16.6 Å². The van der Waals surface area contributed by atoms with Crippen molar-refractivity contribution in [1.29, 1.82) is 0 Å². The van der Waals surface area contributed by atoms with Crippen LogP contribution in [-0.2, 0) is 13.0 Å². The minimum absolute atomic E-state index is 0.0419. The zero-order valence-corrected chi connectivity index (χ0v) is 13.7. The lowest BCUT2D eigenvalue weighted by molar-refractivity contribution is 0.0946.